The minimum absolute atomic E-state index is 0.255. The highest BCUT2D eigenvalue weighted by atomic mass is 35.6. The van der Waals surface area contributed by atoms with E-state index in [2.05, 4.69) is 4.98 Å². The quantitative estimate of drug-likeness (QED) is 0.567. The van der Waals surface area contributed by atoms with E-state index in [4.69, 9.17) is 58.0 Å². The lowest BCUT2D eigenvalue weighted by atomic mass is 10.1. The summed E-state index contributed by atoms with van der Waals surface area (Å²) in [5.41, 5.74) is 1.78. The summed E-state index contributed by atoms with van der Waals surface area (Å²) in [6.45, 7) is 1.92. The average Bonchev–Trinajstić information content (AvgIpc) is 2.17. The van der Waals surface area contributed by atoms with E-state index in [1.807, 2.05) is 13.0 Å². The van der Waals surface area contributed by atoms with Gasteiger partial charge in [0.05, 0.1) is 21.3 Å². The summed E-state index contributed by atoms with van der Waals surface area (Å²) in [5, 5.41) is 1.69. The van der Waals surface area contributed by atoms with Crippen molar-refractivity contribution in [1.29, 1.82) is 0 Å². The van der Waals surface area contributed by atoms with E-state index in [1.54, 1.807) is 6.07 Å². The molecule has 90 valence electrons. The number of aryl methyl sites for hydroxylation is 1. The maximum absolute atomic E-state index is 6.14. The topological polar surface area (TPSA) is 12.9 Å². The largest absolute Gasteiger partial charge is 0.247 e. The van der Waals surface area contributed by atoms with Crippen molar-refractivity contribution in [3.63, 3.8) is 0 Å². The van der Waals surface area contributed by atoms with Gasteiger partial charge in [-0.2, -0.15) is 0 Å². The van der Waals surface area contributed by atoms with Crippen LogP contribution in [0.4, 0.5) is 0 Å². The maximum atomic E-state index is 6.14. The van der Waals surface area contributed by atoms with E-state index in [0.29, 0.717) is 15.6 Å². The summed E-state index contributed by atoms with van der Waals surface area (Å²) in [6.07, 6.45) is 0. The summed E-state index contributed by atoms with van der Waals surface area (Å²) in [5.74, 6) is 0. The lowest BCUT2D eigenvalue weighted by Crippen LogP contribution is -2.04. The Hall–Kier alpha value is 0.0800. The van der Waals surface area contributed by atoms with Gasteiger partial charge in [0.1, 0.15) is 0 Å². The molecule has 2 aromatic rings. The Morgan fingerprint density at radius 3 is 2.24 bits per heavy atom. The number of alkyl halides is 3. The first-order chi connectivity index (χ1) is 7.79. The van der Waals surface area contributed by atoms with Gasteiger partial charge in [0.2, 0.25) is 3.79 Å². The fourth-order valence-corrected chi connectivity index (χ4v) is 2.38. The predicted octanol–water partition coefficient (Wildman–Crippen LogP) is 5.68. The Balaban J connectivity index is 2.83. The molecule has 0 spiro atoms. The number of fused-ring (bicyclic) bond motifs is 1. The van der Waals surface area contributed by atoms with E-state index >= 15 is 0 Å². The Morgan fingerprint density at radius 2 is 1.65 bits per heavy atom. The first-order valence-corrected chi connectivity index (χ1v) is 6.51. The van der Waals surface area contributed by atoms with Crippen LogP contribution in [0.25, 0.3) is 10.9 Å². The van der Waals surface area contributed by atoms with Crippen LogP contribution >= 0.6 is 58.0 Å². The summed E-state index contributed by atoms with van der Waals surface area (Å²) in [6, 6.07) is 5.21. The van der Waals surface area contributed by atoms with Crippen LogP contribution in [0.2, 0.25) is 10.0 Å². The van der Waals surface area contributed by atoms with E-state index in [0.717, 1.165) is 10.9 Å². The van der Waals surface area contributed by atoms with Crippen LogP contribution in [0.5, 0.6) is 0 Å². The number of halogens is 5. The Morgan fingerprint density at radius 1 is 1.00 bits per heavy atom. The standard InChI is InChI=1S/C11H6Cl5N/c1-5-2-6-7(12)4-9(11(14,15)16)17-10(6)8(13)3-5/h2-4H,1H3. The third-order valence-electron chi connectivity index (χ3n) is 2.25. The molecule has 1 aromatic heterocycles. The molecule has 0 atom stereocenters. The minimum Gasteiger partial charge on any atom is -0.247 e. The SMILES string of the molecule is Cc1cc(Cl)c2nc(C(Cl)(Cl)Cl)cc(Cl)c2c1. The van der Waals surface area contributed by atoms with Crippen molar-refractivity contribution in [3.8, 4) is 0 Å². The number of rotatable bonds is 0. The zero-order valence-electron chi connectivity index (χ0n) is 8.57. The minimum atomic E-state index is -1.62. The molecule has 0 saturated carbocycles. The monoisotopic (exact) mass is 327 g/mol. The van der Waals surface area contributed by atoms with E-state index in [1.165, 1.54) is 6.07 Å². The molecule has 0 unspecified atom stereocenters. The van der Waals surface area contributed by atoms with Gasteiger partial charge >= 0.3 is 0 Å². The van der Waals surface area contributed by atoms with Crippen molar-refractivity contribution in [3.05, 3.63) is 39.5 Å². The smallest absolute Gasteiger partial charge is 0.232 e. The van der Waals surface area contributed by atoms with Crippen LogP contribution in [-0.2, 0) is 3.79 Å². The Labute approximate surface area is 124 Å². The molecule has 1 aromatic carbocycles. The van der Waals surface area contributed by atoms with Crippen molar-refractivity contribution in [2.75, 3.05) is 0 Å². The molecule has 0 N–H and O–H groups in total. The molecular formula is C11H6Cl5N. The first kappa shape index (κ1) is 13.5. The van der Waals surface area contributed by atoms with Crippen LogP contribution < -0.4 is 0 Å². The summed E-state index contributed by atoms with van der Waals surface area (Å²) < 4.78 is -1.62. The molecule has 0 fully saturated rings. The van der Waals surface area contributed by atoms with Gasteiger partial charge in [-0.25, -0.2) is 4.98 Å². The second-order valence-corrected chi connectivity index (χ2v) is 6.73. The molecule has 0 saturated heterocycles. The molecule has 17 heavy (non-hydrogen) atoms. The van der Waals surface area contributed by atoms with Crippen molar-refractivity contribution >= 4 is 68.9 Å². The highest BCUT2D eigenvalue weighted by Gasteiger charge is 2.26. The molecular weight excluding hydrogens is 323 g/mol. The first-order valence-electron chi connectivity index (χ1n) is 4.62. The molecule has 0 bridgehead atoms. The summed E-state index contributed by atoms with van der Waals surface area (Å²) >= 11 is 29.6. The third-order valence-corrected chi connectivity index (χ3v) is 3.43. The normalized spacial score (nSPS) is 12.1. The average molecular weight is 329 g/mol. The number of benzene rings is 1. The van der Waals surface area contributed by atoms with Crippen molar-refractivity contribution in [2.45, 2.75) is 10.7 Å². The van der Waals surface area contributed by atoms with E-state index < -0.39 is 3.79 Å². The van der Waals surface area contributed by atoms with Gasteiger partial charge in [-0.3, -0.25) is 0 Å². The fourth-order valence-electron chi connectivity index (χ4n) is 1.53. The number of aromatic nitrogens is 1. The lowest BCUT2D eigenvalue weighted by molar-refractivity contribution is 1.12. The summed E-state index contributed by atoms with van der Waals surface area (Å²) in [7, 11) is 0. The number of hydrogen-bond acceptors (Lipinski definition) is 1. The van der Waals surface area contributed by atoms with E-state index in [9.17, 15) is 0 Å². The third kappa shape index (κ3) is 2.74. The van der Waals surface area contributed by atoms with Crippen LogP contribution in [0.1, 0.15) is 11.3 Å². The Bertz CT molecular complexity index is 588. The van der Waals surface area contributed by atoms with Gasteiger partial charge in [-0.05, 0) is 30.7 Å². The number of hydrogen-bond donors (Lipinski definition) is 0. The lowest BCUT2D eigenvalue weighted by Gasteiger charge is -2.13. The van der Waals surface area contributed by atoms with Gasteiger partial charge in [0, 0.05) is 5.39 Å². The molecule has 0 aliphatic heterocycles. The van der Waals surface area contributed by atoms with Crippen molar-refractivity contribution in [1.82, 2.24) is 4.98 Å². The second-order valence-electron chi connectivity index (χ2n) is 3.63. The number of pyridine rings is 1. The molecule has 0 radical (unpaired) electrons. The van der Waals surface area contributed by atoms with Crippen LogP contribution in [-0.4, -0.2) is 4.98 Å². The Kier molecular flexibility index (Phi) is 3.69. The van der Waals surface area contributed by atoms with Crippen molar-refractivity contribution < 1.29 is 0 Å². The van der Waals surface area contributed by atoms with Gasteiger partial charge < -0.3 is 0 Å². The van der Waals surface area contributed by atoms with Crippen LogP contribution in [0.3, 0.4) is 0 Å². The molecule has 0 aliphatic carbocycles. The van der Waals surface area contributed by atoms with Gasteiger partial charge in [0.25, 0.3) is 0 Å². The molecule has 0 aliphatic rings. The number of nitrogens with zero attached hydrogens (tertiary/aromatic N) is 1. The molecule has 1 heterocycles. The van der Waals surface area contributed by atoms with Gasteiger partial charge in [-0.15, -0.1) is 0 Å². The molecule has 1 nitrogen and oxygen atoms in total. The second kappa shape index (κ2) is 4.64. The van der Waals surface area contributed by atoms with Gasteiger partial charge in [-0.1, -0.05) is 58.0 Å². The predicted molar refractivity (Wildman–Crippen MR) is 75.7 cm³/mol. The highest BCUT2D eigenvalue weighted by molar-refractivity contribution is 6.66. The molecule has 0 amide bonds. The zero-order chi connectivity index (χ0) is 12.8. The molecule has 2 rings (SSSR count). The maximum Gasteiger partial charge on any atom is 0.232 e. The van der Waals surface area contributed by atoms with Crippen LogP contribution in [0.15, 0.2) is 18.2 Å². The fraction of sp³-hybridized carbons (Fsp3) is 0.182. The summed E-state index contributed by atoms with van der Waals surface area (Å²) in [4.78, 5) is 4.24. The van der Waals surface area contributed by atoms with E-state index in [-0.39, 0.29) is 5.69 Å². The van der Waals surface area contributed by atoms with Gasteiger partial charge in [0.15, 0.2) is 0 Å². The van der Waals surface area contributed by atoms with Crippen LogP contribution in [0, 0.1) is 6.92 Å². The zero-order valence-corrected chi connectivity index (χ0v) is 12.3. The van der Waals surface area contributed by atoms with Crippen molar-refractivity contribution in [2.24, 2.45) is 0 Å². The molecule has 6 heteroatoms. The highest BCUT2D eigenvalue weighted by Crippen LogP contribution is 2.40.